The summed E-state index contributed by atoms with van der Waals surface area (Å²) in [6.45, 7) is 5.66. The SMILES string of the molecule is C=C(C(=O)O)C(OC)c1nc(CCCCCCCC)no1. The van der Waals surface area contributed by atoms with Crippen LogP contribution in [0, 0.1) is 0 Å². The van der Waals surface area contributed by atoms with Crippen molar-refractivity contribution in [1.82, 2.24) is 10.1 Å². The third-order valence-electron chi connectivity index (χ3n) is 3.29. The van der Waals surface area contributed by atoms with E-state index in [0.717, 1.165) is 19.3 Å². The zero-order valence-electron chi connectivity index (χ0n) is 12.8. The summed E-state index contributed by atoms with van der Waals surface area (Å²) in [7, 11) is 1.39. The van der Waals surface area contributed by atoms with Crippen molar-refractivity contribution in [2.45, 2.75) is 58.0 Å². The molecule has 0 fully saturated rings. The number of carbonyl (C=O) groups is 1. The van der Waals surface area contributed by atoms with Gasteiger partial charge in [-0.25, -0.2) is 4.79 Å². The third kappa shape index (κ3) is 5.67. The Bertz CT molecular complexity index is 456. The molecule has 0 aliphatic rings. The second kappa shape index (κ2) is 9.28. The molecule has 0 aliphatic carbocycles. The molecule has 1 heterocycles. The Morgan fingerprint density at radius 1 is 1.33 bits per heavy atom. The van der Waals surface area contributed by atoms with Gasteiger partial charge in [-0.15, -0.1) is 0 Å². The van der Waals surface area contributed by atoms with Gasteiger partial charge in [-0.05, 0) is 6.42 Å². The molecule has 0 radical (unpaired) electrons. The molecule has 118 valence electrons. The number of aryl methyl sites for hydroxylation is 1. The molecule has 1 aromatic heterocycles. The number of aromatic nitrogens is 2. The second-order valence-electron chi connectivity index (χ2n) is 5.01. The molecule has 0 bridgehead atoms. The summed E-state index contributed by atoms with van der Waals surface area (Å²) in [6, 6.07) is 0. The molecule has 1 rings (SSSR count). The van der Waals surface area contributed by atoms with Gasteiger partial charge < -0.3 is 14.4 Å². The van der Waals surface area contributed by atoms with E-state index < -0.39 is 12.1 Å². The van der Waals surface area contributed by atoms with E-state index in [9.17, 15) is 4.79 Å². The molecule has 1 aromatic rings. The number of nitrogens with zero attached hydrogens (tertiary/aromatic N) is 2. The standard InChI is InChI=1S/C15H24N2O4/c1-4-5-6-7-8-9-10-12-16-14(21-17-12)13(20-3)11(2)15(18)19/h13H,2,4-10H2,1,3H3,(H,18,19). The molecule has 0 saturated carbocycles. The second-order valence-corrected chi connectivity index (χ2v) is 5.01. The fourth-order valence-electron chi connectivity index (χ4n) is 2.04. The van der Waals surface area contributed by atoms with Gasteiger partial charge in [0.2, 0.25) is 0 Å². The molecule has 1 N–H and O–H groups in total. The van der Waals surface area contributed by atoms with Gasteiger partial charge in [0.25, 0.3) is 5.89 Å². The van der Waals surface area contributed by atoms with E-state index in [1.165, 1.54) is 32.8 Å². The average molecular weight is 296 g/mol. The summed E-state index contributed by atoms with van der Waals surface area (Å²) in [4.78, 5) is 15.1. The minimum absolute atomic E-state index is 0.118. The molecular formula is C15H24N2O4. The van der Waals surface area contributed by atoms with E-state index in [2.05, 4.69) is 23.6 Å². The molecule has 0 amide bonds. The van der Waals surface area contributed by atoms with Crippen LogP contribution in [-0.2, 0) is 16.0 Å². The Kier molecular flexibility index (Phi) is 7.68. The van der Waals surface area contributed by atoms with E-state index in [1.807, 2.05) is 0 Å². The predicted molar refractivity (Wildman–Crippen MR) is 77.9 cm³/mol. The third-order valence-corrected chi connectivity index (χ3v) is 3.29. The quantitative estimate of drug-likeness (QED) is 0.498. The monoisotopic (exact) mass is 296 g/mol. The van der Waals surface area contributed by atoms with Crippen molar-refractivity contribution in [3.63, 3.8) is 0 Å². The van der Waals surface area contributed by atoms with Gasteiger partial charge in [0.1, 0.15) is 0 Å². The maximum Gasteiger partial charge on any atom is 0.334 e. The fourth-order valence-corrected chi connectivity index (χ4v) is 2.04. The fraction of sp³-hybridized carbons (Fsp3) is 0.667. The average Bonchev–Trinajstić information content (AvgIpc) is 2.92. The molecule has 21 heavy (non-hydrogen) atoms. The van der Waals surface area contributed by atoms with E-state index in [-0.39, 0.29) is 11.5 Å². The van der Waals surface area contributed by atoms with Gasteiger partial charge in [0, 0.05) is 13.5 Å². The highest BCUT2D eigenvalue weighted by Gasteiger charge is 2.25. The lowest BCUT2D eigenvalue weighted by Gasteiger charge is -2.09. The Hall–Kier alpha value is -1.69. The molecule has 0 spiro atoms. The highest BCUT2D eigenvalue weighted by molar-refractivity contribution is 5.87. The Morgan fingerprint density at radius 3 is 2.62 bits per heavy atom. The van der Waals surface area contributed by atoms with Crippen LogP contribution in [-0.4, -0.2) is 28.3 Å². The first kappa shape index (κ1) is 17.4. The number of rotatable bonds is 11. The van der Waals surface area contributed by atoms with Crippen molar-refractivity contribution < 1.29 is 19.2 Å². The van der Waals surface area contributed by atoms with Crippen LogP contribution in [0.5, 0.6) is 0 Å². The van der Waals surface area contributed by atoms with Crippen LogP contribution < -0.4 is 0 Å². The molecule has 0 saturated heterocycles. The summed E-state index contributed by atoms with van der Waals surface area (Å²) >= 11 is 0. The van der Waals surface area contributed by atoms with Crippen LogP contribution in [0.2, 0.25) is 0 Å². The summed E-state index contributed by atoms with van der Waals surface area (Å²) in [5, 5.41) is 12.8. The molecule has 1 atom stereocenters. The highest BCUT2D eigenvalue weighted by Crippen LogP contribution is 2.22. The van der Waals surface area contributed by atoms with Crippen molar-refractivity contribution in [1.29, 1.82) is 0 Å². The topological polar surface area (TPSA) is 85.5 Å². The molecule has 0 aromatic carbocycles. The van der Waals surface area contributed by atoms with Gasteiger partial charge >= 0.3 is 5.97 Å². The largest absolute Gasteiger partial charge is 0.478 e. The minimum atomic E-state index is -1.14. The number of hydrogen-bond donors (Lipinski definition) is 1. The molecular weight excluding hydrogens is 272 g/mol. The first-order valence-corrected chi connectivity index (χ1v) is 7.37. The van der Waals surface area contributed by atoms with Crippen LogP contribution in [0.15, 0.2) is 16.7 Å². The van der Waals surface area contributed by atoms with Crippen LogP contribution >= 0.6 is 0 Å². The molecule has 6 heteroatoms. The van der Waals surface area contributed by atoms with Crippen LogP contribution in [0.25, 0.3) is 0 Å². The van der Waals surface area contributed by atoms with Gasteiger partial charge in [-0.3, -0.25) is 0 Å². The van der Waals surface area contributed by atoms with Gasteiger partial charge in [0.15, 0.2) is 11.9 Å². The summed E-state index contributed by atoms with van der Waals surface area (Å²) < 4.78 is 10.1. The van der Waals surface area contributed by atoms with E-state index in [0.29, 0.717) is 5.82 Å². The number of unbranched alkanes of at least 4 members (excludes halogenated alkanes) is 5. The van der Waals surface area contributed by atoms with E-state index in [1.54, 1.807) is 0 Å². The van der Waals surface area contributed by atoms with Gasteiger partial charge in [-0.2, -0.15) is 4.98 Å². The van der Waals surface area contributed by atoms with Crippen molar-refractivity contribution in [3.8, 4) is 0 Å². The van der Waals surface area contributed by atoms with Crippen LogP contribution in [0.4, 0.5) is 0 Å². The Balaban J connectivity index is 2.45. The van der Waals surface area contributed by atoms with Crippen molar-refractivity contribution in [2.75, 3.05) is 7.11 Å². The lowest BCUT2D eigenvalue weighted by Crippen LogP contribution is -2.12. The number of ether oxygens (including phenoxy) is 1. The van der Waals surface area contributed by atoms with Gasteiger partial charge in [0.05, 0.1) is 5.57 Å². The zero-order chi connectivity index (χ0) is 15.7. The van der Waals surface area contributed by atoms with Crippen LogP contribution in [0.3, 0.4) is 0 Å². The normalized spacial score (nSPS) is 12.3. The number of hydrogen-bond acceptors (Lipinski definition) is 5. The lowest BCUT2D eigenvalue weighted by atomic mass is 10.1. The lowest BCUT2D eigenvalue weighted by molar-refractivity contribution is -0.134. The highest BCUT2D eigenvalue weighted by atomic mass is 16.5. The zero-order valence-corrected chi connectivity index (χ0v) is 12.8. The van der Waals surface area contributed by atoms with Crippen molar-refractivity contribution >= 4 is 5.97 Å². The number of carboxylic acids is 1. The Morgan fingerprint density at radius 2 is 2.00 bits per heavy atom. The number of aliphatic carboxylic acids is 1. The molecule has 1 unspecified atom stereocenters. The maximum absolute atomic E-state index is 10.9. The summed E-state index contributed by atoms with van der Waals surface area (Å²) in [5.74, 6) is -0.413. The van der Waals surface area contributed by atoms with E-state index in [4.69, 9.17) is 14.4 Å². The maximum atomic E-state index is 10.9. The van der Waals surface area contributed by atoms with Gasteiger partial charge in [-0.1, -0.05) is 50.8 Å². The van der Waals surface area contributed by atoms with Crippen molar-refractivity contribution in [2.24, 2.45) is 0 Å². The molecule has 6 nitrogen and oxygen atoms in total. The first-order valence-electron chi connectivity index (χ1n) is 7.37. The molecule has 0 aliphatic heterocycles. The Labute approximate surface area is 125 Å². The van der Waals surface area contributed by atoms with E-state index >= 15 is 0 Å². The first-order chi connectivity index (χ1) is 10.1. The number of carboxylic acid groups (broad SMARTS) is 1. The number of methoxy groups -OCH3 is 1. The smallest absolute Gasteiger partial charge is 0.334 e. The van der Waals surface area contributed by atoms with Crippen LogP contribution in [0.1, 0.15) is 63.3 Å². The van der Waals surface area contributed by atoms with Crippen molar-refractivity contribution in [3.05, 3.63) is 23.9 Å². The summed E-state index contributed by atoms with van der Waals surface area (Å²) in [5.41, 5.74) is -0.118. The predicted octanol–water partition coefficient (Wildman–Crippen LogP) is 3.30. The minimum Gasteiger partial charge on any atom is -0.478 e. The summed E-state index contributed by atoms with van der Waals surface area (Å²) in [6.07, 6.45) is 6.96.